The summed E-state index contributed by atoms with van der Waals surface area (Å²) >= 11 is 0. The minimum Gasteiger partial charge on any atom is -0.348 e. The zero-order valence-corrected chi connectivity index (χ0v) is 7.54. The molecule has 0 spiro atoms. The summed E-state index contributed by atoms with van der Waals surface area (Å²) in [5, 5.41) is 2.56. The van der Waals surface area contributed by atoms with Crippen LogP contribution < -0.4 is 5.32 Å². The van der Waals surface area contributed by atoms with Crippen molar-refractivity contribution in [2.24, 2.45) is 0 Å². The lowest BCUT2D eigenvalue weighted by molar-refractivity contribution is -0.119. The molecule has 70 valence electrons. The monoisotopic (exact) mass is 182 g/mol. The number of nitrogens with zero attached hydrogens (tertiary/aromatic N) is 1. The van der Waals surface area contributed by atoms with E-state index >= 15 is 0 Å². The Balaban J connectivity index is 2.82. The first kappa shape index (κ1) is 9.64. The van der Waals surface area contributed by atoms with Crippen molar-refractivity contribution in [2.75, 3.05) is 0 Å². The smallest absolute Gasteiger partial charge is 0.217 e. The van der Waals surface area contributed by atoms with Gasteiger partial charge in [0.25, 0.3) is 0 Å². The van der Waals surface area contributed by atoms with Gasteiger partial charge in [-0.1, -0.05) is 0 Å². The zero-order chi connectivity index (χ0) is 9.84. The summed E-state index contributed by atoms with van der Waals surface area (Å²) in [6.07, 6.45) is 1.50. The summed E-state index contributed by atoms with van der Waals surface area (Å²) in [7, 11) is 0. The van der Waals surface area contributed by atoms with Gasteiger partial charge >= 0.3 is 0 Å². The van der Waals surface area contributed by atoms with Crippen molar-refractivity contribution in [1.82, 2.24) is 10.3 Å². The Kier molecular flexibility index (Phi) is 2.95. The van der Waals surface area contributed by atoms with Crippen LogP contribution in [0.25, 0.3) is 0 Å². The number of carbonyl (C=O) groups excluding carboxylic acids is 1. The molecule has 1 unspecified atom stereocenters. The lowest BCUT2D eigenvalue weighted by atomic mass is 10.2. The number of halogens is 1. The lowest BCUT2D eigenvalue weighted by Gasteiger charge is -2.11. The Morgan fingerprint density at radius 3 is 2.92 bits per heavy atom. The molecule has 1 rings (SSSR count). The third-order valence-electron chi connectivity index (χ3n) is 1.62. The van der Waals surface area contributed by atoms with Crippen molar-refractivity contribution in [3.8, 4) is 0 Å². The Morgan fingerprint density at radius 2 is 2.38 bits per heavy atom. The first-order valence-electron chi connectivity index (χ1n) is 3.98. The number of aromatic nitrogens is 1. The van der Waals surface area contributed by atoms with E-state index in [4.69, 9.17) is 0 Å². The fourth-order valence-corrected chi connectivity index (χ4v) is 1.09. The molecule has 0 saturated heterocycles. The maximum Gasteiger partial charge on any atom is 0.217 e. The minimum absolute atomic E-state index is 0.197. The van der Waals surface area contributed by atoms with Crippen molar-refractivity contribution in [2.45, 2.75) is 19.9 Å². The molecule has 1 heterocycles. The topological polar surface area (TPSA) is 42.0 Å². The Hall–Kier alpha value is -1.45. The van der Waals surface area contributed by atoms with Gasteiger partial charge in [-0.05, 0) is 19.1 Å². The predicted molar refractivity (Wildman–Crippen MR) is 46.4 cm³/mol. The third kappa shape index (κ3) is 2.50. The van der Waals surface area contributed by atoms with Gasteiger partial charge in [0.05, 0.1) is 11.7 Å². The molecule has 1 atom stereocenters. The molecule has 0 bridgehead atoms. The van der Waals surface area contributed by atoms with Crippen molar-refractivity contribution >= 4 is 5.91 Å². The molecule has 0 aliphatic rings. The number of carbonyl (C=O) groups is 1. The summed E-state index contributed by atoms with van der Waals surface area (Å²) in [6.45, 7) is 3.07. The van der Waals surface area contributed by atoms with Crippen molar-refractivity contribution < 1.29 is 9.18 Å². The van der Waals surface area contributed by atoms with E-state index in [-0.39, 0.29) is 11.6 Å². The molecule has 0 aromatic carbocycles. The van der Waals surface area contributed by atoms with Gasteiger partial charge in [-0.25, -0.2) is 4.39 Å². The van der Waals surface area contributed by atoms with E-state index in [9.17, 15) is 9.18 Å². The molecule has 0 radical (unpaired) electrons. The van der Waals surface area contributed by atoms with Gasteiger partial charge in [0.15, 0.2) is 0 Å². The highest BCUT2D eigenvalue weighted by molar-refractivity contribution is 5.73. The van der Waals surface area contributed by atoms with E-state index in [1.165, 1.54) is 25.3 Å². The van der Waals surface area contributed by atoms with E-state index in [2.05, 4.69) is 10.3 Å². The van der Waals surface area contributed by atoms with Crippen molar-refractivity contribution in [3.63, 3.8) is 0 Å². The second-order valence-corrected chi connectivity index (χ2v) is 2.79. The maximum atomic E-state index is 13.1. The van der Waals surface area contributed by atoms with Gasteiger partial charge in [-0.3, -0.25) is 9.78 Å². The quantitative estimate of drug-likeness (QED) is 0.751. The fourth-order valence-electron chi connectivity index (χ4n) is 1.09. The second-order valence-electron chi connectivity index (χ2n) is 2.79. The molecule has 1 aromatic heterocycles. The van der Waals surface area contributed by atoms with Gasteiger partial charge in [0.1, 0.15) is 5.82 Å². The van der Waals surface area contributed by atoms with Crippen LogP contribution in [-0.4, -0.2) is 10.9 Å². The van der Waals surface area contributed by atoms with Crippen LogP contribution in [0.1, 0.15) is 25.6 Å². The summed E-state index contributed by atoms with van der Waals surface area (Å²) in [6, 6.07) is 2.44. The van der Waals surface area contributed by atoms with Crippen LogP contribution in [0.3, 0.4) is 0 Å². The Morgan fingerprint density at radius 1 is 1.69 bits per heavy atom. The fraction of sp³-hybridized carbons (Fsp3) is 0.333. The normalized spacial score (nSPS) is 12.2. The Bertz CT molecular complexity index is 314. The van der Waals surface area contributed by atoms with Crippen LogP contribution in [0.4, 0.5) is 4.39 Å². The summed E-state index contributed by atoms with van der Waals surface area (Å²) in [5.74, 6) is -0.596. The van der Waals surface area contributed by atoms with Crippen LogP contribution in [0.15, 0.2) is 18.3 Å². The average molecular weight is 182 g/mol. The molecular weight excluding hydrogens is 171 g/mol. The number of pyridine rings is 1. The highest BCUT2D eigenvalue weighted by atomic mass is 19.1. The maximum absolute atomic E-state index is 13.1. The standard InChI is InChI=1S/C9H11FN2O/c1-6(12-7(2)13)9-8(10)4-3-5-11-9/h3-6H,1-2H3,(H,12,13). The van der Waals surface area contributed by atoms with Crippen LogP contribution >= 0.6 is 0 Å². The zero-order valence-electron chi connectivity index (χ0n) is 7.54. The molecule has 0 fully saturated rings. The van der Waals surface area contributed by atoms with Crippen LogP contribution in [-0.2, 0) is 4.79 Å². The van der Waals surface area contributed by atoms with Crippen molar-refractivity contribution in [1.29, 1.82) is 0 Å². The van der Waals surface area contributed by atoms with Gasteiger partial charge in [-0.15, -0.1) is 0 Å². The van der Waals surface area contributed by atoms with Crippen LogP contribution in [0.2, 0.25) is 0 Å². The first-order chi connectivity index (χ1) is 6.11. The second kappa shape index (κ2) is 3.98. The molecule has 13 heavy (non-hydrogen) atoms. The number of amides is 1. The number of hydrogen-bond acceptors (Lipinski definition) is 2. The minimum atomic E-state index is -0.399. The number of rotatable bonds is 2. The molecule has 1 N–H and O–H groups in total. The SMILES string of the molecule is CC(=O)NC(C)c1ncccc1F. The largest absolute Gasteiger partial charge is 0.348 e. The third-order valence-corrected chi connectivity index (χ3v) is 1.62. The molecular formula is C9H11FN2O. The van der Waals surface area contributed by atoms with E-state index in [1.807, 2.05) is 0 Å². The molecule has 0 saturated carbocycles. The van der Waals surface area contributed by atoms with E-state index in [0.717, 1.165) is 0 Å². The highest BCUT2D eigenvalue weighted by Gasteiger charge is 2.11. The highest BCUT2D eigenvalue weighted by Crippen LogP contribution is 2.12. The molecule has 0 aliphatic heterocycles. The van der Waals surface area contributed by atoms with E-state index in [0.29, 0.717) is 0 Å². The van der Waals surface area contributed by atoms with Gasteiger partial charge < -0.3 is 5.32 Å². The van der Waals surface area contributed by atoms with E-state index < -0.39 is 11.9 Å². The van der Waals surface area contributed by atoms with Crippen LogP contribution in [0, 0.1) is 5.82 Å². The van der Waals surface area contributed by atoms with Gasteiger partial charge in [-0.2, -0.15) is 0 Å². The number of hydrogen-bond donors (Lipinski definition) is 1. The molecule has 3 nitrogen and oxygen atoms in total. The molecule has 0 aliphatic carbocycles. The predicted octanol–water partition coefficient (Wildman–Crippen LogP) is 1.42. The van der Waals surface area contributed by atoms with Crippen molar-refractivity contribution in [3.05, 3.63) is 29.8 Å². The van der Waals surface area contributed by atoms with Gasteiger partial charge in [0, 0.05) is 13.1 Å². The molecule has 1 aromatic rings. The van der Waals surface area contributed by atoms with Crippen LogP contribution in [0.5, 0.6) is 0 Å². The summed E-state index contributed by atoms with van der Waals surface area (Å²) < 4.78 is 13.1. The lowest BCUT2D eigenvalue weighted by Crippen LogP contribution is -2.25. The average Bonchev–Trinajstić information content (AvgIpc) is 2.03. The van der Waals surface area contributed by atoms with E-state index in [1.54, 1.807) is 6.92 Å². The summed E-state index contributed by atoms with van der Waals surface area (Å²) in [4.78, 5) is 14.5. The first-order valence-corrected chi connectivity index (χ1v) is 3.98. The summed E-state index contributed by atoms with van der Waals surface area (Å²) in [5.41, 5.74) is 0.262. The molecule has 1 amide bonds. The Labute approximate surface area is 76.0 Å². The molecule has 4 heteroatoms. The number of nitrogens with one attached hydrogen (secondary N) is 1. The van der Waals surface area contributed by atoms with Gasteiger partial charge in [0.2, 0.25) is 5.91 Å².